The molecule has 1 heterocycles. The fourth-order valence-corrected chi connectivity index (χ4v) is 3.17. The Labute approximate surface area is 87.4 Å². The quantitative estimate of drug-likeness (QED) is 0.806. The summed E-state index contributed by atoms with van der Waals surface area (Å²) in [5.41, 5.74) is 0. The lowest BCUT2D eigenvalue weighted by Crippen LogP contribution is -2.14. The highest BCUT2D eigenvalue weighted by Crippen LogP contribution is 2.32. The zero-order valence-electron chi connectivity index (χ0n) is 7.37. The average molecular weight is 217 g/mol. The molecule has 0 amide bonds. The maximum Gasteiger partial charge on any atom is 0.0571 e. The monoisotopic (exact) mass is 216 g/mol. The van der Waals surface area contributed by atoms with Gasteiger partial charge in [0, 0.05) is 4.88 Å². The van der Waals surface area contributed by atoms with Gasteiger partial charge in [-0.25, -0.2) is 0 Å². The Kier molecular flexibility index (Phi) is 2.92. The molecule has 13 heavy (non-hydrogen) atoms. The van der Waals surface area contributed by atoms with Crippen molar-refractivity contribution in [3.63, 3.8) is 0 Å². The van der Waals surface area contributed by atoms with Crippen molar-refractivity contribution in [2.45, 2.75) is 31.8 Å². The van der Waals surface area contributed by atoms with E-state index in [9.17, 15) is 5.11 Å². The van der Waals surface area contributed by atoms with Crippen LogP contribution in [0.2, 0.25) is 5.02 Å². The van der Waals surface area contributed by atoms with Crippen LogP contribution in [0.25, 0.3) is 0 Å². The minimum atomic E-state index is -0.0989. The summed E-state index contributed by atoms with van der Waals surface area (Å²) in [6, 6.07) is 1.93. The molecule has 2 unspecified atom stereocenters. The van der Waals surface area contributed by atoms with Gasteiger partial charge in [0.1, 0.15) is 0 Å². The lowest BCUT2D eigenvalue weighted by molar-refractivity contribution is 0.133. The van der Waals surface area contributed by atoms with Crippen LogP contribution in [0.1, 0.15) is 24.1 Å². The van der Waals surface area contributed by atoms with Gasteiger partial charge in [-0.15, -0.1) is 11.3 Å². The fourth-order valence-electron chi connectivity index (χ4n) is 1.96. The molecule has 1 nitrogen and oxygen atoms in total. The largest absolute Gasteiger partial charge is 0.393 e. The molecule has 2 atom stereocenters. The van der Waals surface area contributed by atoms with E-state index in [0.717, 1.165) is 30.7 Å². The number of hydrogen-bond acceptors (Lipinski definition) is 2. The summed E-state index contributed by atoms with van der Waals surface area (Å²) in [7, 11) is 0. The minimum Gasteiger partial charge on any atom is -0.393 e. The van der Waals surface area contributed by atoms with Crippen LogP contribution in [0.5, 0.6) is 0 Å². The zero-order valence-corrected chi connectivity index (χ0v) is 8.94. The number of hydrogen-bond donors (Lipinski definition) is 1. The fraction of sp³-hybridized carbons (Fsp3) is 0.600. The molecule has 0 spiro atoms. The summed E-state index contributed by atoms with van der Waals surface area (Å²) in [6.45, 7) is 0. The molecule has 1 aliphatic carbocycles. The van der Waals surface area contributed by atoms with Gasteiger partial charge >= 0.3 is 0 Å². The van der Waals surface area contributed by atoms with Crippen molar-refractivity contribution >= 4 is 22.9 Å². The minimum absolute atomic E-state index is 0.0989. The molecule has 72 valence electrons. The van der Waals surface area contributed by atoms with Gasteiger partial charge in [0.05, 0.1) is 11.1 Å². The third-order valence-corrected chi connectivity index (χ3v) is 4.17. The van der Waals surface area contributed by atoms with E-state index in [4.69, 9.17) is 11.6 Å². The first-order chi connectivity index (χ1) is 6.27. The smallest absolute Gasteiger partial charge is 0.0571 e. The molecule has 1 fully saturated rings. The molecule has 0 aromatic carbocycles. The Morgan fingerprint density at radius 2 is 2.38 bits per heavy atom. The van der Waals surface area contributed by atoms with Crippen LogP contribution in [-0.2, 0) is 6.42 Å². The topological polar surface area (TPSA) is 20.2 Å². The van der Waals surface area contributed by atoms with Gasteiger partial charge in [-0.05, 0) is 36.6 Å². The summed E-state index contributed by atoms with van der Waals surface area (Å²) in [5, 5.41) is 12.5. The predicted molar refractivity (Wildman–Crippen MR) is 56.4 cm³/mol. The third-order valence-electron chi connectivity index (χ3n) is 2.76. The zero-order chi connectivity index (χ0) is 9.26. The summed E-state index contributed by atoms with van der Waals surface area (Å²) < 4.78 is 0. The summed E-state index contributed by atoms with van der Waals surface area (Å²) >= 11 is 7.69. The second-order valence-electron chi connectivity index (χ2n) is 3.65. The van der Waals surface area contributed by atoms with Gasteiger partial charge in [-0.1, -0.05) is 18.0 Å². The van der Waals surface area contributed by atoms with Crippen LogP contribution in [0.3, 0.4) is 0 Å². The van der Waals surface area contributed by atoms with Crippen LogP contribution in [-0.4, -0.2) is 11.2 Å². The second-order valence-corrected chi connectivity index (χ2v) is 5.06. The molecule has 2 rings (SSSR count). The number of thiophene rings is 1. The van der Waals surface area contributed by atoms with E-state index in [1.165, 1.54) is 4.88 Å². The molecule has 1 N–H and O–H groups in total. The molecule has 1 aliphatic rings. The maximum atomic E-state index is 9.64. The molecular weight excluding hydrogens is 204 g/mol. The number of rotatable bonds is 2. The van der Waals surface area contributed by atoms with Crippen molar-refractivity contribution in [3.05, 3.63) is 21.3 Å². The van der Waals surface area contributed by atoms with Crippen LogP contribution in [0.4, 0.5) is 0 Å². The second kappa shape index (κ2) is 3.99. The first-order valence-corrected chi connectivity index (χ1v) is 5.93. The number of aliphatic hydroxyl groups excluding tert-OH is 1. The van der Waals surface area contributed by atoms with Crippen molar-refractivity contribution < 1.29 is 5.11 Å². The highest BCUT2D eigenvalue weighted by molar-refractivity contribution is 7.10. The van der Waals surface area contributed by atoms with Crippen LogP contribution in [0.15, 0.2) is 11.4 Å². The van der Waals surface area contributed by atoms with Crippen LogP contribution < -0.4 is 0 Å². The van der Waals surface area contributed by atoms with Gasteiger partial charge in [-0.2, -0.15) is 0 Å². The van der Waals surface area contributed by atoms with Gasteiger partial charge in [0.15, 0.2) is 0 Å². The summed E-state index contributed by atoms with van der Waals surface area (Å²) in [6.07, 6.45) is 4.13. The molecular formula is C10H13ClOS. The lowest BCUT2D eigenvalue weighted by atomic mass is 10.0. The summed E-state index contributed by atoms with van der Waals surface area (Å²) in [5.74, 6) is 0.441. The molecule has 1 aromatic heterocycles. The van der Waals surface area contributed by atoms with E-state index in [1.54, 1.807) is 11.3 Å². The van der Waals surface area contributed by atoms with Crippen molar-refractivity contribution in [2.24, 2.45) is 5.92 Å². The molecule has 3 heteroatoms. The van der Waals surface area contributed by atoms with Gasteiger partial charge < -0.3 is 5.11 Å². The van der Waals surface area contributed by atoms with E-state index < -0.39 is 0 Å². The Hall–Kier alpha value is -0.0500. The predicted octanol–water partition coefficient (Wildman–Crippen LogP) is 3.11. The molecule has 1 aromatic rings. The molecule has 0 aliphatic heterocycles. The first kappa shape index (κ1) is 9.50. The Bertz CT molecular complexity index is 284. The number of halogens is 1. The van der Waals surface area contributed by atoms with Gasteiger partial charge in [0.25, 0.3) is 0 Å². The maximum absolute atomic E-state index is 9.64. The third kappa shape index (κ3) is 2.06. The molecule has 0 bridgehead atoms. The highest BCUT2D eigenvalue weighted by atomic mass is 35.5. The van der Waals surface area contributed by atoms with E-state index >= 15 is 0 Å². The van der Waals surface area contributed by atoms with Crippen molar-refractivity contribution in [2.75, 3.05) is 0 Å². The standard InChI is InChI=1S/C10H13ClOS/c11-8-4-5-13-10(8)6-7-2-1-3-9(7)12/h4-5,7,9,12H,1-3,6H2. The van der Waals surface area contributed by atoms with Crippen LogP contribution in [0, 0.1) is 5.92 Å². The Morgan fingerprint density at radius 1 is 1.54 bits per heavy atom. The SMILES string of the molecule is OC1CCCC1Cc1sccc1Cl. The normalized spacial score (nSPS) is 28.2. The molecule has 0 radical (unpaired) electrons. The number of aliphatic hydroxyl groups is 1. The van der Waals surface area contributed by atoms with E-state index in [1.807, 2.05) is 11.4 Å². The van der Waals surface area contributed by atoms with Crippen molar-refractivity contribution in [3.8, 4) is 0 Å². The molecule has 1 saturated carbocycles. The summed E-state index contributed by atoms with van der Waals surface area (Å²) in [4.78, 5) is 1.23. The Morgan fingerprint density at radius 3 is 2.92 bits per heavy atom. The van der Waals surface area contributed by atoms with Crippen molar-refractivity contribution in [1.82, 2.24) is 0 Å². The Balaban J connectivity index is 2.01. The van der Waals surface area contributed by atoms with E-state index in [0.29, 0.717) is 5.92 Å². The van der Waals surface area contributed by atoms with E-state index in [-0.39, 0.29) is 6.10 Å². The average Bonchev–Trinajstić information content (AvgIpc) is 2.65. The lowest BCUT2D eigenvalue weighted by Gasteiger charge is -2.12. The first-order valence-electron chi connectivity index (χ1n) is 4.67. The van der Waals surface area contributed by atoms with E-state index in [2.05, 4.69) is 0 Å². The van der Waals surface area contributed by atoms with Gasteiger partial charge in [0.2, 0.25) is 0 Å². The van der Waals surface area contributed by atoms with Crippen molar-refractivity contribution in [1.29, 1.82) is 0 Å². The van der Waals surface area contributed by atoms with Gasteiger partial charge in [-0.3, -0.25) is 0 Å². The highest BCUT2D eigenvalue weighted by Gasteiger charge is 2.26. The molecule has 0 saturated heterocycles. The van der Waals surface area contributed by atoms with Crippen LogP contribution >= 0.6 is 22.9 Å².